The fourth-order valence-corrected chi connectivity index (χ4v) is 1.13. The number of halogens is 3. The first-order valence-electron chi connectivity index (χ1n) is 4.35. The average molecular weight is 235 g/mol. The third-order valence-electron chi connectivity index (χ3n) is 1.75. The average Bonchev–Trinajstić information content (AvgIpc) is 2.16. The highest BCUT2D eigenvalue weighted by atomic mass is 19.3. The van der Waals surface area contributed by atoms with Crippen LogP contribution in [0.4, 0.5) is 13.2 Å². The summed E-state index contributed by atoms with van der Waals surface area (Å²) in [6, 6.07) is 0.401. The second-order valence-electron chi connectivity index (χ2n) is 2.80. The molecular formula is C9H8F3NO3. The van der Waals surface area contributed by atoms with Gasteiger partial charge in [0.25, 0.3) is 12.0 Å². The van der Waals surface area contributed by atoms with Gasteiger partial charge in [-0.15, -0.1) is 0 Å². The summed E-state index contributed by atoms with van der Waals surface area (Å²) in [5.41, 5.74) is -3.06. The van der Waals surface area contributed by atoms with Crippen LogP contribution in [-0.4, -0.2) is 17.6 Å². The van der Waals surface area contributed by atoms with Crippen molar-refractivity contribution < 1.29 is 22.7 Å². The summed E-state index contributed by atoms with van der Waals surface area (Å²) in [5.74, 6) is -2.42. The van der Waals surface area contributed by atoms with E-state index in [4.69, 9.17) is 0 Å². The van der Waals surface area contributed by atoms with Crippen LogP contribution in [0.15, 0.2) is 10.9 Å². The number of esters is 1. The molecule has 0 fully saturated rings. The molecule has 88 valence electrons. The lowest BCUT2D eigenvalue weighted by Gasteiger charge is -2.06. The first-order valence-corrected chi connectivity index (χ1v) is 4.35. The van der Waals surface area contributed by atoms with E-state index in [0.29, 0.717) is 6.07 Å². The zero-order valence-corrected chi connectivity index (χ0v) is 8.22. The molecule has 0 spiro atoms. The van der Waals surface area contributed by atoms with Crippen LogP contribution in [0.25, 0.3) is 0 Å². The quantitative estimate of drug-likeness (QED) is 0.639. The fourth-order valence-electron chi connectivity index (χ4n) is 1.13. The summed E-state index contributed by atoms with van der Waals surface area (Å²) >= 11 is 0. The molecule has 1 heterocycles. The Bertz CT molecular complexity index is 456. The SMILES string of the molecule is CCOC(=O)c1c(C(F)F)cc(F)[nH]c1=O. The highest BCUT2D eigenvalue weighted by Crippen LogP contribution is 2.21. The molecule has 1 aromatic rings. The highest BCUT2D eigenvalue weighted by Gasteiger charge is 2.24. The number of carbonyl (C=O) groups excluding carboxylic acids is 1. The number of rotatable bonds is 3. The van der Waals surface area contributed by atoms with Gasteiger partial charge in [-0.25, -0.2) is 13.6 Å². The van der Waals surface area contributed by atoms with Gasteiger partial charge >= 0.3 is 5.97 Å². The van der Waals surface area contributed by atoms with Crippen molar-refractivity contribution in [3.8, 4) is 0 Å². The predicted octanol–water partition coefficient (Wildman–Crippen LogP) is 1.63. The number of aromatic nitrogens is 1. The van der Waals surface area contributed by atoms with Gasteiger partial charge in [-0.2, -0.15) is 4.39 Å². The molecule has 0 atom stereocenters. The van der Waals surface area contributed by atoms with Gasteiger partial charge in [0, 0.05) is 11.6 Å². The molecule has 0 aliphatic heterocycles. The Morgan fingerprint density at radius 1 is 1.56 bits per heavy atom. The minimum atomic E-state index is -3.13. The minimum absolute atomic E-state index is 0.0711. The number of alkyl halides is 2. The summed E-state index contributed by atoms with van der Waals surface area (Å²) in [7, 11) is 0. The molecule has 0 radical (unpaired) electrons. The molecule has 1 aromatic heterocycles. The van der Waals surface area contributed by atoms with Crippen LogP contribution in [0, 0.1) is 5.95 Å². The van der Waals surface area contributed by atoms with Gasteiger partial charge in [0.15, 0.2) is 5.95 Å². The predicted molar refractivity (Wildman–Crippen MR) is 47.9 cm³/mol. The van der Waals surface area contributed by atoms with Gasteiger partial charge in [0.2, 0.25) is 0 Å². The van der Waals surface area contributed by atoms with Crippen molar-refractivity contribution in [3.63, 3.8) is 0 Å². The molecule has 16 heavy (non-hydrogen) atoms. The van der Waals surface area contributed by atoms with E-state index in [1.165, 1.54) is 6.92 Å². The van der Waals surface area contributed by atoms with Gasteiger partial charge in [-0.1, -0.05) is 0 Å². The molecule has 0 aromatic carbocycles. The summed E-state index contributed by atoms with van der Waals surface area (Å²) in [5, 5.41) is 0. The van der Waals surface area contributed by atoms with Crippen molar-refractivity contribution in [1.82, 2.24) is 4.98 Å². The molecule has 0 saturated carbocycles. The Morgan fingerprint density at radius 2 is 2.19 bits per heavy atom. The van der Waals surface area contributed by atoms with Gasteiger partial charge in [-0.05, 0) is 6.92 Å². The number of pyridine rings is 1. The van der Waals surface area contributed by atoms with E-state index in [1.54, 1.807) is 4.98 Å². The highest BCUT2D eigenvalue weighted by molar-refractivity contribution is 5.90. The maximum Gasteiger partial charge on any atom is 0.344 e. The Kier molecular flexibility index (Phi) is 3.70. The largest absolute Gasteiger partial charge is 0.462 e. The topological polar surface area (TPSA) is 59.2 Å². The zero-order valence-electron chi connectivity index (χ0n) is 8.22. The first kappa shape index (κ1) is 12.3. The summed E-state index contributed by atoms with van der Waals surface area (Å²) in [4.78, 5) is 24.0. The molecule has 0 saturated heterocycles. The second-order valence-corrected chi connectivity index (χ2v) is 2.80. The lowest BCUT2D eigenvalue weighted by atomic mass is 10.1. The number of H-pyrrole nitrogens is 1. The Hall–Kier alpha value is -1.79. The number of nitrogens with one attached hydrogen (secondary N) is 1. The smallest absolute Gasteiger partial charge is 0.344 e. The number of ether oxygens (including phenoxy) is 1. The maximum atomic E-state index is 12.7. The zero-order chi connectivity index (χ0) is 12.3. The van der Waals surface area contributed by atoms with Crippen LogP contribution < -0.4 is 5.56 Å². The molecule has 0 aliphatic rings. The van der Waals surface area contributed by atoms with E-state index >= 15 is 0 Å². The Balaban J connectivity index is 3.35. The summed E-state index contributed by atoms with van der Waals surface area (Å²) in [6.45, 7) is 1.38. The van der Waals surface area contributed by atoms with Gasteiger partial charge in [0.05, 0.1) is 6.61 Å². The van der Waals surface area contributed by atoms with Crippen molar-refractivity contribution in [2.24, 2.45) is 0 Å². The van der Waals surface area contributed by atoms with Gasteiger partial charge in [-0.3, -0.25) is 9.78 Å². The van der Waals surface area contributed by atoms with E-state index in [1.807, 2.05) is 0 Å². The fraction of sp³-hybridized carbons (Fsp3) is 0.333. The molecule has 0 unspecified atom stereocenters. The van der Waals surface area contributed by atoms with Crippen molar-refractivity contribution in [2.75, 3.05) is 6.61 Å². The van der Waals surface area contributed by atoms with Crippen LogP contribution in [-0.2, 0) is 4.74 Å². The monoisotopic (exact) mass is 235 g/mol. The molecule has 0 amide bonds. The normalized spacial score (nSPS) is 10.6. The van der Waals surface area contributed by atoms with E-state index in [9.17, 15) is 22.8 Å². The van der Waals surface area contributed by atoms with Crippen LogP contribution in [0.1, 0.15) is 29.3 Å². The van der Waals surface area contributed by atoms with Crippen molar-refractivity contribution in [1.29, 1.82) is 0 Å². The van der Waals surface area contributed by atoms with Crippen LogP contribution in [0.5, 0.6) is 0 Å². The third-order valence-corrected chi connectivity index (χ3v) is 1.75. The van der Waals surface area contributed by atoms with Crippen molar-refractivity contribution in [3.05, 3.63) is 33.5 Å². The summed E-state index contributed by atoms with van der Waals surface area (Å²) in [6.07, 6.45) is -3.13. The standard InChI is InChI=1S/C9H8F3NO3/c1-2-16-9(15)6-4(7(11)12)3-5(10)13-8(6)14/h3,7H,2H2,1H3,(H,13,14). The minimum Gasteiger partial charge on any atom is -0.462 e. The van der Waals surface area contributed by atoms with Crippen molar-refractivity contribution >= 4 is 5.97 Å². The lowest BCUT2D eigenvalue weighted by Crippen LogP contribution is -2.23. The first-order chi connectivity index (χ1) is 7.47. The Morgan fingerprint density at radius 3 is 2.69 bits per heavy atom. The molecule has 0 bridgehead atoms. The maximum absolute atomic E-state index is 12.7. The molecular weight excluding hydrogens is 227 g/mol. The second kappa shape index (κ2) is 4.82. The molecule has 1 N–H and O–H groups in total. The van der Waals surface area contributed by atoms with Crippen molar-refractivity contribution in [2.45, 2.75) is 13.3 Å². The molecule has 7 heteroatoms. The number of hydrogen-bond donors (Lipinski definition) is 1. The number of carbonyl (C=O) groups is 1. The van der Waals surface area contributed by atoms with Crippen LogP contribution in [0.3, 0.4) is 0 Å². The third kappa shape index (κ3) is 2.41. The van der Waals surface area contributed by atoms with E-state index in [0.717, 1.165) is 0 Å². The van der Waals surface area contributed by atoms with E-state index in [2.05, 4.69) is 4.74 Å². The molecule has 1 rings (SSSR count). The van der Waals surface area contributed by atoms with Gasteiger partial charge in [0.1, 0.15) is 5.56 Å². The summed E-state index contributed by atoms with van der Waals surface area (Å²) < 4.78 is 42.0. The van der Waals surface area contributed by atoms with Crippen LogP contribution in [0.2, 0.25) is 0 Å². The molecule has 0 aliphatic carbocycles. The van der Waals surface area contributed by atoms with E-state index in [-0.39, 0.29) is 6.61 Å². The van der Waals surface area contributed by atoms with E-state index < -0.39 is 35.0 Å². The van der Waals surface area contributed by atoms with Gasteiger partial charge < -0.3 is 4.74 Å². The van der Waals surface area contributed by atoms with Crippen LogP contribution >= 0.6 is 0 Å². The number of aromatic amines is 1. The molecule has 4 nitrogen and oxygen atoms in total. The Labute approximate surface area is 88.0 Å². The number of hydrogen-bond acceptors (Lipinski definition) is 3. The lowest BCUT2D eigenvalue weighted by molar-refractivity contribution is 0.0512.